The van der Waals surface area contributed by atoms with E-state index in [2.05, 4.69) is 0 Å². The lowest BCUT2D eigenvalue weighted by Crippen LogP contribution is -2.05. The van der Waals surface area contributed by atoms with Crippen LogP contribution in [0.15, 0.2) is 42.5 Å². The number of hydrogen-bond acceptors (Lipinski definition) is 3. The number of hydrogen-bond donors (Lipinski definition) is 0. The number of rotatable bonds is 4. The van der Waals surface area contributed by atoms with Crippen LogP contribution in [0.1, 0.15) is 21.5 Å². The number of carbonyl (C=O) groups excluding carboxylic acids is 1. The molecule has 2 aromatic carbocycles. The Morgan fingerprint density at radius 2 is 2.00 bits per heavy atom. The number of non-ortho nitro benzene ring substituents is 1. The summed E-state index contributed by atoms with van der Waals surface area (Å²) in [4.78, 5) is 22.5. The molecule has 0 N–H and O–H groups in total. The molecule has 2 aromatic rings. The molecule has 0 amide bonds. The van der Waals surface area contributed by atoms with E-state index in [1.807, 2.05) is 0 Å². The van der Waals surface area contributed by atoms with Crippen LogP contribution in [0.25, 0.3) is 0 Å². The first-order valence-electron chi connectivity index (χ1n) is 5.99. The molecule has 0 saturated carbocycles. The maximum absolute atomic E-state index is 12.2. The number of ketones is 1. The molecule has 0 aliphatic carbocycles. The van der Waals surface area contributed by atoms with Crippen LogP contribution in [-0.4, -0.2) is 10.7 Å². The fourth-order valence-electron chi connectivity index (χ4n) is 1.96. The zero-order valence-electron chi connectivity index (χ0n) is 10.8. The standard InChI is InChI=1S/C15H12ClNO3/c1-10-5-12(9-14(6-10)17(19)20)15(18)8-11-3-2-4-13(16)7-11/h2-7,9H,8H2,1H3. The molecule has 4 nitrogen and oxygen atoms in total. The molecule has 0 unspecified atom stereocenters. The minimum Gasteiger partial charge on any atom is -0.294 e. The predicted molar refractivity (Wildman–Crippen MR) is 77.3 cm³/mol. The van der Waals surface area contributed by atoms with Crippen molar-refractivity contribution in [2.45, 2.75) is 13.3 Å². The molecule has 0 aliphatic heterocycles. The summed E-state index contributed by atoms with van der Waals surface area (Å²) in [6.45, 7) is 1.73. The van der Waals surface area contributed by atoms with E-state index >= 15 is 0 Å². The van der Waals surface area contributed by atoms with Crippen molar-refractivity contribution in [3.63, 3.8) is 0 Å². The highest BCUT2D eigenvalue weighted by Crippen LogP contribution is 2.19. The Bertz CT molecular complexity index is 683. The largest absolute Gasteiger partial charge is 0.294 e. The molecule has 102 valence electrons. The summed E-state index contributed by atoms with van der Waals surface area (Å²) in [5, 5.41) is 11.4. The van der Waals surface area contributed by atoms with Crippen molar-refractivity contribution < 1.29 is 9.72 Å². The average Bonchev–Trinajstić information content (AvgIpc) is 2.37. The molecular formula is C15H12ClNO3. The van der Waals surface area contributed by atoms with Gasteiger partial charge in [-0.05, 0) is 36.2 Å². The third-order valence-electron chi connectivity index (χ3n) is 2.85. The molecule has 5 heteroatoms. The van der Waals surface area contributed by atoms with Crippen molar-refractivity contribution in [2.75, 3.05) is 0 Å². The summed E-state index contributed by atoms with van der Waals surface area (Å²) in [5.74, 6) is -0.168. The van der Waals surface area contributed by atoms with E-state index in [0.717, 1.165) is 5.56 Å². The molecule has 20 heavy (non-hydrogen) atoms. The van der Waals surface area contributed by atoms with Crippen molar-refractivity contribution in [1.82, 2.24) is 0 Å². The van der Waals surface area contributed by atoms with Crippen molar-refractivity contribution in [3.05, 3.63) is 74.3 Å². The van der Waals surface area contributed by atoms with Crippen LogP contribution in [0.4, 0.5) is 5.69 Å². The van der Waals surface area contributed by atoms with E-state index in [0.29, 0.717) is 16.1 Å². The number of nitro benzene ring substituents is 1. The Labute approximate surface area is 121 Å². The van der Waals surface area contributed by atoms with Gasteiger partial charge in [-0.1, -0.05) is 23.7 Å². The van der Waals surface area contributed by atoms with Gasteiger partial charge in [0, 0.05) is 29.1 Å². The Kier molecular flexibility index (Phi) is 4.15. The second-order valence-corrected chi connectivity index (χ2v) is 4.98. The van der Waals surface area contributed by atoms with Gasteiger partial charge in [-0.15, -0.1) is 0 Å². The molecule has 0 saturated heterocycles. The van der Waals surface area contributed by atoms with Crippen LogP contribution in [0, 0.1) is 17.0 Å². The van der Waals surface area contributed by atoms with Gasteiger partial charge in [0.2, 0.25) is 0 Å². The van der Waals surface area contributed by atoms with E-state index in [1.54, 1.807) is 37.3 Å². The molecule has 0 radical (unpaired) electrons. The predicted octanol–water partition coefficient (Wildman–Crippen LogP) is 3.98. The van der Waals surface area contributed by atoms with Crippen LogP contribution in [0.5, 0.6) is 0 Å². The zero-order valence-corrected chi connectivity index (χ0v) is 11.6. The molecule has 0 fully saturated rings. The van der Waals surface area contributed by atoms with Crippen LogP contribution in [0.3, 0.4) is 0 Å². The third-order valence-corrected chi connectivity index (χ3v) is 3.08. The first-order valence-corrected chi connectivity index (χ1v) is 6.37. The molecule has 0 bridgehead atoms. The molecule has 0 heterocycles. The quantitative estimate of drug-likeness (QED) is 0.486. The SMILES string of the molecule is Cc1cc(C(=O)Cc2cccc(Cl)c2)cc([N+](=O)[O-])c1. The van der Waals surface area contributed by atoms with Crippen LogP contribution in [-0.2, 0) is 6.42 Å². The van der Waals surface area contributed by atoms with Crippen LogP contribution < -0.4 is 0 Å². The minimum atomic E-state index is -0.497. The van der Waals surface area contributed by atoms with E-state index < -0.39 is 4.92 Å². The normalized spacial score (nSPS) is 10.3. The Balaban J connectivity index is 2.27. The molecule has 0 atom stereocenters. The van der Waals surface area contributed by atoms with E-state index in [-0.39, 0.29) is 17.9 Å². The van der Waals surface area contributed by atoms with Gasteiger partial charge in [0.1, 0.15) is 0 Å². The fraction of sp³-hybridized carbons (Fsp3) is 0.133. The van der Waals surface area contributed by atoms with Gasteiger partial charge in [0.05, 0.1) is 4.92 Å². The smallest absolute Gasteiger partial charge is 0.270 e. The van der Waals surface area contributed by atoms with Crippen molar-refractivity contribution in [3.8, 4) is 0 Å². The molecule has 0 aliphatic rings. The number of Topliss-reactive ketones (excluding diaryl/α,β-unsaturated/α-hetero) is 1. The average molecular weight is 290 g/mol. The van der Waals surface area contributed by atoms with E-state index in [9.17, 15) is 14.9 Å². The number of benzene rings is 2. The molecular weight excluding hydrogens is 278 g/mol. The number of nitro groups is 1. The molecule has 0 aromatic heterocycles. The highest BCUT2D eigenvalue weighted by atomic mass is 35.5. The maximum atomic E-state index is 12.2. The Morgan fingerprint density at radius 1 is 1.25 bits per heavy atom. The van der Waals surface area contributed by atoms with Crippen molar-refractivity contribution in [2.24, 2.45) is 0 Å². The van der Waals surface area contributed by atoms with Crippen LogP contribution in [0.2, 0.25) is 5.02 Å². The summed E-state index contributed by atoms with van der Waals surface area (Å²) < 4.78 is 0. The zero-order chi connectivity index (χ0) is 14.7. The Morgan fingerprint density at radius 3 is 2.65 bits per heavy atom. The van der Waals surface area contributed by atoms with E-state index in [4.69, 9.17) is 11.6 Å². The third kappa shape index (κ3) is 3.42. The summed E-state index contributed by atoms with van der Waals surface area (Å²) in [6.07, 6.45) is 0.168. The van der Waals surface area contributed by atoms with Gasteiger partial charge < -0.3 is 0 Å². The monoisotopic (exact) mass is 289 g/mol. The Hall–Kier alpha value is -2.20. The summed E-state index contributed by atoms with van der Waals surface area (Å²) in [6, 6.07) is 11.4. The lowest BCUT2D eigenvalue weighted by molar-refractivity contribution is -0.384. The molecule has 0 spiro atoms. The van der Waals surface area contributed by atoms with Gasteiger partial charge in [0.25, 0.3) is 5.69 Å². The number of aryl methyl sites for hydroxylation is 1. The number of halogens is 1. The number of nitrogens with zero attached hydrogens (tertiary/aromatic N) is 1. The summed E-state index contributed by atoms with van der Waals surface area (Å²) in [7, 11) is 0. The lowest BCUT2D eigenvalue weighted by Gasteiger charge is -2.04. The maximum Gasteiger partial charge on any atom is 0.270 e. The van der Waals surface area contributed by atoms with Crippen molar-refractivity contribution >= 4 is 23.1 Å². The molecule has 2 rings (SSSR count). The second kappa shape index (κ2) is 5.84. The van der Waals surface area contributed by atoms with E-state index in [1.165, 1.54) is 12.1 Å². The highest BCUT2D eigenvalue weighted by Gasteiger charge is 2.13. The summed E-state index contributed by atoms with van der Waals surface area (Å²) >= 11 is 5.87. The van der Waals surface area contributed by atoms with Gasteiger partial charge >= 0.3 is 0 Å². The number of carbonyl (C=O) groups is 1. The highest BCUT2D eigenvalue weighted by molar-refractivity contribution is 6.30. The van der Waals surface area contributed by atoms with Crippen LogP contribution >= 0.6 is 11.6 Å². The first-order chi connectivity index (χ1) is 9.45. The minimum absolute atomic E-state index is 0.0700. The first kappa shape index (κ1) is 14.2. The lowest BCUT2D eigenvalue weighted by atomic mass is 10.0. The second-order valence-electron chi connectivity index (χ2n) is 4.54. The van der Waals surface area contributed by atoms with Gasteiger partial charge in [-0.3, -0.25) is 14.9 Å². The van der Waals surface area contributed by atoms with Gasteiger partial charge in [-0.2, -0.15) is 0 Å². The topological polar surface area (TPSA) is 60.2 Å². The van der Waals surface area contributed by atoms with Crippen molar-refractivity contribution in [1.29, 1.82) is 0 Å². The summed E-state index contributed by atoms with van der Waals surface area (Å²) in [5.41, 5.74) is 1.75. The van der Waals surface area contributed by atoms with Gasteiger partial charge in [-0.25, -0.2) is 0 Å². The van der Waals surface area contributed by atoms with Gasteiger partial charge in [0.15, 0.2) is 5.78 Å². The fourth-order valence-corrected chi connectivity index (χ4v) is 2.18.